The van der Waals surface area contributed by atoms with Crippen molar-refractivity contribution in [3.63, 3.8) is 0 Å². The van der Waals surface area contributed by atoms with E-state index >= 15 is 0 Å². The van der Waals surface area contributed by atoms with Gasteiger partial charge in [-0.1, -0.05) is 27.7 Å². The summed E-state index contributed by atoms with van der Waals surface area (Å²) in [6.07, 6.45) is 0.836. The van der Waals surface area contributed by atoms with Crippen LogP contribution in [0.1, 0.15) is 46.4 Å². The molecule has 0 fully saturated rings. The van der Waals surface area contributed by atoms with Gasteiger partial charge in [0.15, 0.2) is 0 Å². The minimum absolute atomic E-state index is 0.143. The fraction of sp³-hybridized carbons (Fsp3) is 0.550. The predicted molar refractivity (Wildman–Crippen MR) is 115 cm³/mol. The molecule has 0 aliphatic rings. The Labute approximate surface area is 177 Å². The summed E-state index contributed by atoms with van der Waals surface area (Å²) in [6.45, 7) is 8.24. The van der Waals surface area contributed by atoms with Crippen LogP contribution in [0.15, 0.2) is 23.1 Å². The van der Waals surface area contributed by atoms with E-state index in [1.54, 1.807) is 32.0 Å². The molecule has 1 aromatic carbocycles. The Balaban J connectivity index is 2.10. The highest BCUT2D eigenvalue weighted by molar-refractivity contribution is 7.89. The standard InChI is InChI=1S/C20H31N5O4S/c1-6-25(7-2)30(28,29)15-8-9-17-16(13-15)21-18(24(17)5)10-11-19(26)22-23-20(27)12-14(3)4/h8-9,13-14H,6-7,10-12H2,1-5H3,(H,22,26)(H,23,27). The molecule has 30 heavy (non-hydrogen) atoms. The summed E-state index contributed by atoms with van der Waals surface area (Å²) in [7, 11) is -1.74. The second-order valence-electron chi connectivity index (χ2n) is 7.52. The van der Waals surface area contributed by atoms with Gasteiger partial charge in [0.25, 0.3) is 0 Å². The molecule has 1 heterocycles. The van der Waals surface area contributed by atoms with E-state index in [-0.39, 0.29) is 29.0 Å². The largest absolute Gasteiger partial charge is 0.331 e. The molecule has 10 heteroatoms. The first-order valence-corrected chi connectivity index (χ1v) is 11.6. The van der Waals surface area contributed by atoms with Crippen molar-refractivity contribution >= 4 is 32.9 Å². The molecule has 1 aromatic heterocycles. The zero-order valence-corrected chi connectivity index (χ0v) is 19.0. The van der Waals surface area contributed by atoms with Gasteiger partial charge in [-0.25, -0.2) is 13.4 Å². The summed E-state index contributed by atoms with van der Waals surface area (Å²) in [6, 6.07) is 4.88. The van der Waals surface area contributed by atoms with Crippen molar-refractivity contribution in [1.82, 2.24) is 24.7 Å². The molecule has 2 aromatic rings. The molecular formula is C20H31N5O4S. The fourth-order valence-electron chi connectivity index (χ4n) is 3.18. The molecule has 9 nitrogen and oxygen atoms in total. The van der Waals surface area contributed by atoms with Crippen molar-refractivity contribution in [2.75, 3.05) is 13.1 Å². The topological polar surface area (TPSA) is 113 Å². The molecule has 0 unspecified atom stereocenters. The van der Waals surface area contributed by atoms with E-state index in [1.165, 1.54) is 4.31 Å². The van der Waals surface area contributed by atoms with Crippen molar-refractivity contribution < 1.29 is 18.0 Å². The number of amides is 2. The van der Waals surface area contributed by atoms with E-state index in [4.69, 9.17) is 0 Å². The first-order valence-electron chi connectivity index (χ1n) is 10.1. The first-order chi connectivity index (χ1) is 14.1. The Morgan fingerprint density at radius 3 is 2.37 bits per heavy atom. The SMILES string of the molecule is CCN(CC)S(=O)(=O)c1ccc2c(c1)nc(CCC(=O)NNC(=O)CC(C)C)n2C. The number of nitrogens with one attached hydrogen (secondary N) is 2. The number of hydrazine groups is 1. The van der Waals surface area contributed by atoms with Crippen LogP contribution in [0.4, 0.5) is 0 Å². The van der Waals surface area contributed by atoms with Gasteiger partial charge in [-0.3, -0.25) is 20.4 Å². The van der Waals surface area contributed by atoms with Crippen molar-refractivity contribution in [3.05, 3.63) is 24.0 Å². The third-order valence-corrected chi connectivity index (χ3v) is 6.84. The smallest absolute Gasteiger partial charge is 0.243 e. The van der Waals surface area contributed by atoms with Crippen LogP contribution in [0.2, 0.25) is 0 Å². The number of sulfonamides is 1. The molecule has 0 saturated heterocycles. The van der Waals surface area contributed by atoms with Gasteiger partial charge < -0.3 is 4.57 Å². The lowest BCUT2D eigenvalue weighted by Crippen LogP contribution is -2.42. The average Bonchev–Trinajstić information content (AvgIpc) is 3.00. The maximum Gasteiger partial charge on any atom is 0.243 e. The highest BCUT2D eigenvalue weighted by atomic mass is 32.2. The van der Waals surface area contributed by atoms with Crippen LogP contribution < -0.4 is 10.9 Å². The zero-order valence-electron chi connectivity index (χ0n) is 18.2. The number of rotatable bonds is 9. The summed E-state index contributed by atoms with van der Waals surface area (Å²) < 4.78 is 28.7. The summed E-state index contributed by atoms with van der Waals surface area (Å²) >= 11 is 0. The van der Waals surface area contributed by atoms with E-state index in [2.05, 4.69) is 15.8 Å². The van der Waals surface area contributed by atoms with Crippen LogP contribution in [-0.2, 0) is 33.1 Å². The van der Waals surface area contributed by atoms with Crippen LogP contribution in [0.25, 0.3) is 11.0 Å². The predicted octanol–water partition coefficient (Wildman–Crippen LogP) is 1.73. The Kier molecular flexibility index (Phi) is 7.96. The molecular weight excluding hydrogens is 406 g/mol. The van der Waals surface area contributed by atoms with Gasteiger partial charge in [-0.2, -0.15) is 4.31 Å². The molecule has 2 amide bonds. The molecule has 166 valence electrons. The molecule has 0 saturated carbocycles. The van der Waals surface area contributed by atoms with E-state index in [9.17, 15) is 18.0 Å². The van der Waals surface area contributed by atoms with E-state index in [1.807, 2.05) is 25.5 Å². The number of benzene rings is 1. The molecule has 0 aliphatic carbocycles. The Hall–Kier alpha value is -2.46. The summed E-state index contributed by atoms with van der Waals surface area (Å²) in [5, 5.41) is 0. The summed E-state index contributed by atoms with van der Waals surface area (Å²) in [5.74, 6) is 0.315. The van der Waals surface area contributed by atoms with Gasteiger partial charge in [0.1, 0.15) is 5.82 Å². The van der Waals surface area contributed by atoms with Gasteiger partial charge in [0, 0.05) is 39.4 Å². The second kappa shape index (κ2) is 10.0. The molecule has 0 aliphatic heterocycles. The first kappa shape index (κ1) is 23.8. The molecule has 0 atom stereocenters. The normalized spacial score (nSPS) is 12.0. The summed E-state index contributed by atoms with van der Waals surface area (Å²) in [5.41, 5.74) is 6.15. The van der Waals surface area contributed by atoms with Crippen molar-refractivity contribution in [3.8, 4) is 0 Å². The Morgan fingerprint density at radius 1 is 1.13 bits per heavy atom. The number of aryl methyl sites for hydroxylation is 2. The highest BCUT2D eigenvalue weighted by Gasteiger charge is 2.22. The van der Waals surface area contributed by atoms with Gasteiger partial charge in [0.05, 0.1) is 15.9 Å². The monoisotopic (exact) mass is 437 g/mol. The van der Waals surface area contributed by atoms with Crippen molar-refractivity contribution in [2.24, 2.45) is 13.0 Å². The van der Waals surface area contributed by atoms with Crippen molar-refractivity contribution in [2.45, 2.75) is 51.9 Å². The number of aromatic nitrogens is 2. The third-order valence-electron chi connectivity index (χ3n) is 4.80. The van der Waals surface area contributed by atoms with E-state index in [0.717, 1.165) is 5.52 Å². The van der Waals surface area contributed by atoms with Crippen LogP contribution in [0, 0.1) is 5.92 Å². The minimum atomic E-state index is -3.57. The molecule has 0 radical (unpaired) electrons. The van der Waals surface area contributed by atoms with Gasteiger partial charge in [0.2, 0.25) is 21.8 Å². The molecule has 0 bridgehead atoms. The van der Waals surface area contributed by atoms with Crippen LogP contribution >= 0.6 is 0 Å². The van der Waals surface area contributed by atoms with Crippen LogP contribution in [0.3, 0.4) is 0 Å². The lowest BCUT2D eigenvalue weighted by Gasteiger charge is -2.18. The molecule has 2 N–H and O–H groups in total. The van der Waals surface area contributed by atoms with Gasteiger partial charge in [-0.15, -0.1) is 0 Å². The highest BCUT2D eigenvalue weighted by Crippen LogP contribution is 2.22. The minimum Gasteiger partial charge on any atom is -0.331 e. The zero-order chi connectivity index (χ0) is 22.5. The van der Waals surface area contributed by atoms with E-state index in [0.29, 0.717) is 37.3 Å². The lowest BCUT2D eigenvalue weighted by atomic mass is 10.1. The lowest BCUT2D eigenvalue weighted by molar-refractivity contribution is -0.129. The second-order valence-corrected chi connectivity index (χ2v) is 9.46. The fourth-order valence-corrected chi connectivity index (χ4v) is 4.65. The number of nitrogens with zero attached hydrogens (tertiary/aromatic N) is 3. The quantitative estimate of drug-likeness (QED) is 0.580. The van der Waals surface area contributed by atoms with Gasteiger partial charge >= 0.3 is 0 Å². The van der Waals surface area contributed by atoms with E-state index < -0.39 is 10.0 Å². The number of hydrogen-bond acceptors (Lipinski definition) is 5. The number of imidazole rings is 1. The maximum absolute atomic E-state index is 12.7. The summed E-state index contributed by atoms with van der Waals surface area (Å²) in [4.78, 5) is 28.3. The Bertz CT molecular complexity index is 1010. The van der Waals surface area contributed by atoms with Gasteiger partial charge in [-0.05, 0) is 24.1 Å². The van der Waals surface area contributed by atoms with Crippen LogP contribution in [0.5, 0.6) is 0 Å². The number of carbonyl (C=O) groups is 2. The maximum atomic E-state index is 12.7. The van der Waals surface area contributed by atoms with Crippen LogP contribution in [-0.4, -0.2) is 47.2 Å². The molecule has 0 spiro atoms. The van der Waals surface area contributed by atoms with Crippen molar-refractivity contribution in [1.29, 1.82) is 0 Å². The third kappa shape index (κ3) is 5.57. The molecule has 2 rings (SSSR count). The average molecular weight is 438 g/mol. The Morgan fingerprint density at radius 2 is 1.77 bits per heavy atom. The number of hydrogen-bond donors (Lipinski definition) is 2. The number of fused-ring (bicyclic) bond motifs is 1. The number of carbonyl (C=O) groups excluding carboxylic acids is 2.